The molecular weight excluding hydrogens is 260 g/mol. The number of nitrogens with one attached hydrogen (secondary N) is 2. The molecule has 1 aliphatic heterocycles. The molecule has 4 nitrogen and oxygen atoms in total. The molecule has 0 amide bonds. The summed E-state index contributed by atoms with van der Waals surface area (Å²) in [5, 5.41) is 4.86. The Morgan fingerprint density at radius 2 is 1.95 bits per heavy atom. The van der Waals surface area contributed by atoms with Gasteiger partial charge in [-0.25, -0.2) is 9.97 Å². The number of aromatic nitrogens is 3. The first kappa shape index (κ1) is 12.5. The predicted octanol–water partition coefficient (Wildman–Crippen LogP) is 3.54. The van der Waals surface area contributed by atoms with E-state index in [-0.39, 0.29) is 2.85 Å². The summed E-state index contributed by atoms with van der Waals surface area (Å²) in [5.41, 5.74) is 6.27. The fourth-order valence-electron chi connectivity index (χ4n) is 3.11. The van der Waals surface area contributed by atoms with Gasteiger partial charge in [0.2, 0.25) is 0 Å². The van der Waals surface area contributed by atoms with Crippen molar-refractivity contribution < 1.29 is 2.85 Å². The van der Waals surface area contributed by atoms with E-state index < -0.39 is 0 Å². The van der Waals surface area contributed by atoms with Crippen molar-refractivity contribution in [3.63, 3.8) is 0 Å². The SMILES string of the molecule is [HH].[HH].c1ncc(-c2ccc3[nH]c4c(c3c2)CNCCCC4)cn1. The molecule has 3 heterocycles. The molecule has 0 spiro atoms. The van der Waals surface area contributed by atoms with E-state index in [1.807, 2.05) is 12.4 Å². The average Bonchev–Trinajstić information content (AvgIpc) is 2.84. The molecule has 4 rings (SSSR count). The third-order valence-electron chi connectivity index (χ3n) is 4.22. The molecular formula is C17H22N4. The number of nitrogens with zero attached hydrogens (tertiary/aromatic N) is 2. The fourth-order valence-corrected chi connectivity index (χ4v) is 3.11. The maximum atomic E-state index is 4.11. The van der Waals surface area contributed by atoms with E-state index in [1.165, 1.54) is 40.6 Å². The summed E-state index contributed by atoms with van der Waals surface area (Å²) >= 11 is 0. The van der Waals surface area contributed by atoms with Gasteiger partial charge in [-0.15, -0.1) is 0 Å². The van der Waals surface area contributed by atoms with E-state index >= 15 is 0 Å². The van der Waals surface area contributed by atoms with Gasteiger partial charge in [0.05, 0.1) is 0 Å². The number of aromatic amines is 1. The molecule has 2 aromatic heterocycles. The Labute approximate surface area is 126 Å². The van der Waals surface area contributed by atoms with Crippen LogP contribution in [0.25, 0.3) is 22.0 Å². The highest BCUT2D eigenvalue weighted by atomic mass is 14.9. The van der Waals surface area contributed by atoms with Crippen molar-refractivity contribution in [3.8, 4) is 11.1 Å². The van der Waals surface area contributed by atoms with Crippen molar-refractivity contribution in [1.82, 2.24) is 20.3 Å². The summed E-state index contributed by atoms with van der Waals surface area (Å²) in [5.74, 6) is 0. The van der Waals surface area contributed by atoms with Crippen LogP contribution in [0.4, 0.5) is 0 Å². The van der Waals surface area contributed by atoms with Gasteiger partial charge in [0.15, 0.2) is 0 Å². The molecule has 0 radical (unpaired) electrons. The lowest BCUT2D eigenvalue weighted by Crippen LogP contribution is -2.18. The van der Waals surface area contributed by atoms with E-state index in [4.69, 9.17) is 0 Å². The van der Waals surface area contributed by atoms with Crippen LogP contribution in [-0.4, -0.2) is 21.5 Å². The lowest BCUT2D eigenvalue weighted by atomic mass is 10.0. The molecule has 0 fully saturated rings. The maximum absolute atomic E-state index is 4.11. The van der Waals surface area contributed by atoms with Gasteiger partial charge in [-0.1, -0.05) is 6.07 Å². The van der Waals surface area contributed by atoms with Crippen molar-refractivity contribution in [2.45, 2.75) is 25.8 Å². The van der Waals surface area contributed by atoms with Crippen molar-refractivity contribution in [3.05, 3.63) is 48.2 Å². The molecule has 1 aliphatic rings. The Morgan fingerprint density at radius 3 is 2.86 bits per heavy atom. The lowest BCUT2D eigenvalue weighted by Gasteiger charge is -2.11. The van der Waals surface area contributed by atoms with Gasteiger partial charge in [-0.3, -0.25) is 0 Å². The smallest absolute Gasteiger partial charge is 0.115 e. The molecule has 4 heteroatoms. The van der Waals surface area contributed by atoms with Gasteiger partial charge in [-0.05, 0) is 49.1 Å². The fraction of sp³-hybridized carbons (Fsp3) is 0.294. The Bertz CT molecular complexity index is 771. The molecule has 21 heavy (non-hydrogen) atoms. The first-order valence-electron chi connectivity index (χ1n) is 7.51. The summed E-state index contributed by atoms with van der Waals surface area (Å²) in [6.07, 6.45) is 8.94. The first-order valence-corrected chi connectivity index (χ1v) is 7.51. The Morgan fingerprint density at radius 1 is 1.05 bits per heavy atom. The average molecular weight is 282 g/mol. The number of aryl methyl sites for hydroxylation is 1. The van der Waals surface area contributed by atoms with Crippen molar-refractivity contribution in [1.29, 1.82) is 0 Å². The number of fused-ring (bicyclic) bond motifs is 3. The summed E-state index contributed by atoms with van der Waals surface area (Å²) < 4.78 is 0. The van der Waals surface area contributed by atoms with Crippen molar-refractivity contribution in [2.24, 2.45) is 0 Å². The van der Waals surface area contributed by atoms with Crippen LogP contribution in [0.5, 0.6) is 0 Å². The minimum Gasteiger partial charge on any atom is -0.358 e. The van der Waals surface area contributed by atoms with E-state index in [2.05, 4.69) is 38.5 Å². The molecule has 0 aliphatic carbocycles. The zero-order valence-electron chi connectivity index (χ0n) is 11.9. The van der Waals surface area contributed by atoms with Crippen LogP contribution in [-0.2, 0) is 13.0 Å². The van der Waals surface area contributed by atoms with Crippen LogP contribution < -0.4 is 5.32 Å². The van der Waals surface area contributed by atoms with Crippen LogP contribution in [0.2, 0.25) is 0 Å². The second kappa shape index (κ2) is 5.30. The summed E-state index contributed by atoms with van der Waals surface area (Å²) in [4.78, 5) is 11.8. The van der Waals surface area contributed by atoms with Gasteiger partial charge in [0.1, 0.15) is 6.33 Å². The van der Waals surface area contributed by atoms with Crippen LogP contribution in [0, 0.1) is 0 Å². The zero-order chi connectivity index (χ0) is 14.1. The standard InChI is InChI=1S/C17H18N4.2H2/c1-2-6-18-10-15-14-7-12(13-8-19-11-20-9-13)4-5-17(14)21-16(15)3-1;;/h4-5,7-9,11,18,21H,1-3,6,10H2;2*1H. The lowest BCUT2D eigenvalue weighted by molar-refractivity contribution is 0.597. The van der Waals surface area contributed by atoms with Crippen molar-refractivity contribution >= 4 is 10.9 Å². The number of hydrogen-bond acceptors (Lipinski definition) is 3. The quantitative estimate of drug-likeness (QED) is 0.717. The minimum absolute atomic E-state index is 0. The van der Waals surface area contributed by atoms with Crippen LogP contribution in [0.1, 0.15) is 27.0 Å². The van der Waals surface area contributed by atoms with Crippen LogP contribution in [0.15, 0.2) is 36.9 Å². The maximum Gasteiger partial charge on any atom is 0.115 e. The zero-order valence-corrected chi connectivity index (χ0v) is 11.9. The number of hydrogen-bond donors (Lipinski definition) is 2. The molecule has 1 aromatic carbocycles. The summed E-state index contributed by atoms with van der Waals surface area (Å²) in [6.45, 7) is 2.06. The van der Waals surface area contributed by atoms with Gasteiger partial charge in [-0.2, -0.15) is 0 Å². The Kier molecular flexibility index (Phi) is 3.16. The van der Waals surface area contributed by atoms with Crippen LogP contribution >= 0.6 is 0 Å². The topological polar surface area (TPSA) is 53.6 Å². The Balaban J connectivity index is 0.000000960. The number of benzene rings is 1. The predicted molar refractivity (Wildman–Crippen MR) is 88.2 cm³/mol. The van der Waals surface area contributed by atoms with Crippen LogP contribution in [0.3, 0.4) is 0 Å². The van der Waals surface area contributed by atoms with E-state index in [0.29, 0.717) is 0 Å². The molecule has 0 bridgehead atoms. The largest absolute Gasteiger partial charge is 0.358 e. The molecule has 0 unspecified atom stereocenters. The third kappa shape index (κ3) is 2.32. The highest BCUT2D eigenvalue weighted by Crippen LogP contribution is 2.29. The normalized spacial score (nSPS) is 15.4. The number of H-pyrrole nitrogens is 1. The minimum atomic E-state index is 0. The second-order valence-electron chi connectivity index (χ2n) is 5.60. The monoisotopic (exact) mass is 282 g/mol. The molecule has 110 valence electrons. The van der Waals surface area contributed by atoms with Gasteiger partial charge >= 0.3 is 0 Å². The van der Waals surface area contributed by atoms with Gasteiger partial charge in [0, 0.05) is 44.0 Å². The van der Waals surface area contributed by atoms with E-state index in [0.717, 1.165) is 25.1 Å². The van der Waals surface area contributed by atoms with E-state index in [9.17, 15) is 0 Å². The van der Waals surface area contributed by atoms with Gasteiger partial charge in [0.25, 0.3) is 0 Å². The summed E-state index contributed by atoms with van der Waals surface area (Å²) in [7, 11) is 0. The molecule has 2 N–H and O–H groups in total. The molecule has 0 saturated heterocycles. The summed E-state index contributed by atoms with van der Waals surface area (Å²) in [6, 6.07) is 6.56. The molecule has 0 saturated carbocycles. The first-order chi connectivity index (χ1) is 10.4. The molecule has 3 aromatic rings. The molecule has 0 atom stereocenters. The Hall–Kier alpha value is -2.20. The van der Waals surface area contributed by atoms with Gasteiger partial charge < -0.3 is 10.3 Å². The van der Waals surface area contributed by atoms with Crippen molar-refractivity contribution in [2.75, 3.05) is 6.54 Å². The highest BCUT2D eigenvalue weighted by molar-refractivity contribution is 5.89. The highest BCUT2D eigenvalue weighted by Gasteiger charge is 2.13. The van der Waals surface area contributed by atoms with E-state index in [1.54, 1.807) is 6.33 Å². The third-order valence-corrected chi connectivity index (χ3v) is 4.22. The number of rotatable bonds is 1. The second-order valence-corrected chi connectivity index (χ2v) is 5.60.